The molecule has 82 heavy (non-hydrogen) atoms. The maximum absolute atomic E-state index is 7.23. The molecular weight excluding hydrogens is 999 g/mol. The topological polar surface area (TPSA) is 34.8 Å². The molecule has 0 radical (unpaired) electrons. The quantitative estimate of drug-likeness (QED) is 0.177. The number of furan rings is 1. The van der Waals surface area contributed by atoms with E-state index in [1.165, 1.54) is 66.8 Å². The van der Waals surface area contributed by atoms with Crippen LogP contribution in [0.4, 0.5) is 17.1 Å². The Morgan fingerprint density at radius 1 is 0.317 bits per heavy atom. The first kappa shape index (κ1) is 50.4. The van der Waals surface area contributed by atoms with Gasteiger partial charge in [-0.15, -0.1) is 0 Å². The largest absolute Gasteiger partial charge is 0.457 e. The number of para-hydroxylation sites is 3. The minimum Gasteiger partial charge on any atom is -0.457 e. The summed E-state index contributed by atoms with van der Waals surface area (Å²) in [5.41, 5.74) is 22.3. The number of anilines is 3. The van der Waals surface area contributed by atoms with Gasteiger partial charge in [-0.25, -0.2) is 0 Å². The molecule has 0 fully saturated rings. The lowest BCUT2D eigenvalue weighted by molar-refractivity contribution is 0.433. The molecule has 3 heterocycles. The van der Waals surface area contributed by atoms with Gasteiger partial charge in [-0.05, 0) is 150 Å². The molecule has 2 aliphatic heterocycles. The Kier molecular flexibility index (Phi) is 10.4. The Balaban J connectivity index is 1.07. The summed E-state index contributed by atoms with van der Waals surface area (Å²) in [6.45, 7) is 27.8. The predicted molar refractivity (Wildman–Crippen MR) is 338 cm³/mol. The van der Waals surface area contributed by atoms with E-state index in [-0.39, 0.29) is 21.7 Å². The van der Waals surface area contributed by atoms with E-state index in [0.717, 1.165) is 84.3 Å². The van der Waals surface area contributed by atoms with Crippen molar-refractivity contribution in [1.29, 1.82) is 0 Å². The van der Waals surface area contributed by atoms with Crippen LogP contribution < -0.4 is 14.4 Å². The van der Waals surface area contributed by atoms with E-state index in [2.05, 4.69) is 288 Å². The minimum absolute atomic E-state index is 0.103. The van der Waals surface area contributed by atoms with Crippen molar-refractivity contribution in [1.82, 2.24) is 0 Å². The zero-order valence-electron chi connectivity index (χ0n) is 49.2. The molecule has 0 bridgehead atoms. The average molecular weight is 1070 g/mol. The normalized spacial score (nSPS) is 15.0. The van der Waals surface area contributed by atoms with Crippen LogP contribution >= 0.6 is 0 Å². The third-order valence-corrected chi connectivity index (χ3v) is 18.6. The van der Waals surface area contributed by atoms with E-state index in [9.17, 15) is 0 Å². The molecule has 0 amide bonds. The molecule has 404 valence electrons. The summed E-state index contributed by atoms with van der Waals surface area (Å²) >= 11 is 0. The lowest BCUT2D eigenvalue weighted by Gasteiger charge is -2.41. The second-order valence-electron chi connectivity index (χ2n) is 27.7. The molecule has 0 atom stereocenters. The fourth-order valence-corrected chi connectivity index (χ4v) is 14.4. The second-order valence-corrected chi connectivity index (χ2v) is 27.7. The molecule has 15 rings (SSSR count). The van der Waals surface area contributed by atoms with Gasteiger partial charge >= 0.3 is 0 Å². The summed E-state index contributed by atoms with van der Waals surface area (Å²) in [5, 5.41) is 2.15. The van der Waals surface area contributed by atoms with E-state index in [1.54, 1.807) is 0 Å². The number of rotatable bonds is 3. The lowest BCUT2D eigenvalue weighted by atomic mass is 9.64. The van der Waals surface area contributed by atoms with Gasteiger partial charge in [0, 0.05) is 44.3 Å². The Morgan fingerprint density at radius 3 is 1.37 bits per heavy atom. The third kappa shape index (κ3) is 6.97. The van der Waals surface area contributed by atoms with Gasteiger partial charge in [0.2, 0.25) is 0 Å². The van der Waals surface area contributed by atoms with Crippen molar-refractivity contribution in [3.8, 4) is 45.3 Å². The van der Waals surface area contributed by atoms with Crippen LogP contribution in [0.2, 0.25) is 0 Å². The SMILES string of the molecule is CC(C)(C)c1ccc2c(c1)C1(c3cc(C(C)(C)C)ccc3O2)c2ccccc2-c2c(N(c3ccc4c(c3)C3(c5ccccc5O4)c4cc(C(C)(C)C)ccc4-c4ccc(C(C)(C)C)cc43)c3cccc4c3oc3ccccc34)cccc21. The number of hydrogen-bond donors (Lipinski definition) is 0. The van der Waals surface area contributed by atoms with Crippen LogP contribution in [0.1, 0.15) is 150 Å². The summed E-state index contributed by atoms with van der Waals surface area (Å²) in [7, 11) is 0. The first-order valence-corrected chi connectivity index (χ1v) is 29.3. The molecule has 10 aromatic carbocycles. The van der Waals surface area contributed by atoms with Crippen LogP contribution in [0.15, 0.2) is 205 Å². The molecule has 0 saturated carbocycles. The van der Waals surface area contributed by atoms with Crippen molar-refractivity contribution in [2.24, 2.45) is 0 Å². The molecule has 4 aliphatic rings. The second kappa shape index (κ2) is 17.0. The third-order valence-electron chi connectivity index (χ3n) is 18.6. The molecule has 11 aromatic rings. The van der Waals surface area contributed by atoms with Crippen LogP contribution in [0.25, 0.3) is 44.2 Å². The van der Waals surface area contributed by atoms with Crippen molar-refractivity contribution in [3.63, 3.8) is 0 Å². The highest BCUT2D eigenvalue weighted by molar-refractivity contribution is 6.11. The molecule has 2 aliphatic carbocycles. The van der Waals surface area contributed by atoms with Crippen molar-refractivity contribution in [3.05, 3.63) is 267 Å². The van der Waals surface area contributed by atoms with Gasteiger partial charge in [-0.3, -0.25) is 0 Å². The lowest BCUT2D eigenvalue weighted by Crippen LogP contribution is -2.33. The molecule has 4 nitrogen and oxygen atoms in total. The average Bonchev–Trinajstić information content (AvgIpc) is 1.65. The molecule has 1 aromatic heterocycles. The maximum atomic E-state index is 7.23. The van der Waals surface area contributed by atoms with Gasteiger partial charge in [0.15, 0.2) is 5.58 Å². The molecule has 0 N–H and O–H groups in total. The zero-order valence-corrected chi connectivity index (χ0v) is 49.2. The van der Waals surface area contributed by atoms with Crippen LogP contribution in [0, 0.1) is 0 Å². The summed E-state index contributed by atoms with van der Waals surface area (Å²) in [6.07, 6.45) is 0. The maximum Gasteiger partial charge on any atom is 0.159 e. The minimum atomic E-state index is -0.745. The van der Waals surface area contributed by atoms with Crippen molar-refractivity contribution in [2.45, 2.75) is 116 Å². The van der Waals surface area contributed by atoms with E-state index >= 15 is 0 Å². The zero-order chi connectivity index (χ0) is 56.6. The monoisotopic (exact) mass is 1070 g/mol. The van der Waals surface area contributed by atoms with Gasteiger partial charge in [0.25, 0.3) is 0 Å². The van der Waals surface area contributed by atoms with Gasteiger partial charge in [0.05, 0.1) is 22.2 Å². The van der Waals surface area contributed by atoms with Crippen molar-refractivity contribution < 1.29 is 13.9 Å². The highest BCUT2D eigenvalue weighted by atomic mass is 16.5. The molecule has 0 unspecified atom stereocenters. The molecule has 0 saturated heterocycles. The van der Waals surface area contributed by atoms with Gasteiger partial charge < -0.3 is 18.8 Å². The number of ether oxygens (including phenoxy) is 2. The van der Waals surface area contributed by atoms with Crippen LogP contribution in [0.3, 0.4) is 0 Å². The standard InChI is InChI=1S/C78H69NO3/c1-73(2,3)46-31-36-51-52-37-32-47(74(4,5)6)42-60(52)78(59(51)41-46)57-25-16-18-30-67(57)80-70-40-35-50(45-63(70)78)79(65-28-19-23-54-53-21-14-17-29-66(53)82-72(54)65)64-27-20-26-58-71(64)55-22-13-15-24-56(55)77(58)61-43-48(75(7,8)9)33-38-68(61)81-69-39-34-49(44-62(69)77)76(10,11)12/h13-45H,1-12H3. The molecular formula is C78H69NO3. The first-order valence-electron chi connectivity index (χ1n) is 29.3. The number of benzene rings is 10. The van der Waals surface area contributed by atoms with E-state index in [0.29, 0.717) is 0 Å². The predicted octanol–water partition coefficient (Wildman–Crippen LogP) is 21.2. The molecule has 2 spiro atoms. The summed E-state index contributed by atoms with van der Waals surface area (Å²) in [6, 6.07) is 75.3. The van der Waals surface area contributed by atoms with Crippen molar-refractivity contribution >= 4 is 39.0 Å². The first-order chi connectivity index (χ1) is 39.2. The Bertz CT molecular complexity index is 4390. The van der Waals surface area contributed by atoms with Crippen molar-refractivity contribution in [2.75, 3.05) is 4.90 Å². The Morgan fingerprint density at radius 2 is 0.756 bits per heavy atom. The van der Waals surface area contributed by atoms with E-state index in [1.807, 2.05) is 0 Å². The fourth-order valence-electron chi connectivity index (χ4n) is 14.4. The van der Waals surface area contributed by atoms with Crippen LogP contribution in [0.5, 0.6) is 23.0 Å². The summed E-state index contributed by atoms with van der Waals surface area (Å²) in [5.74, 6) is 3.47. The number of hydrogen-bond acceptors (Lipinski definition) is 4. The fraction of sp³-hybridized carbons (Fsp3) is 0.231. The van der Waals surface area contributed by atoms with Gasteiger partial charge in [-0.1, -0.05) is 217 Å². The number of fused-ring (bicyclic) bond motifs is 21. The smallest absolute Gasteiger partial charge is 0.159 e. The van der Waals surface area contributed by atoms with Crippen LogP contribution in [-0.4, -0.2) is 0 Å². The highest BCUT2D eigenvalue weighted by Crippen LogP contribution is 2.67. The summed E-state index contributed by atoms with van der Waals surface area (Å²) < 4.78 is 21.5. The van der Waals surface area contributed by atoms with Gasteiger partial charge in [-0.2, -0.15) is 0 Å². The van der Waals surface area contributed by atoms with Gasteiger partial charge in [0.1, 0.15) is 28.6 Å². The molecule has 4 heteroatoms. The Labute approximate surface area is 483 Å². The highest BCUT2D eigenvalue weighted by Gasteiger charge is 2.55. The van der Waals surface area contributed by atoms with Crippen LogP contribution in [-0.2, 0) is 32.5 Å². The Hall–Kier alpha value is -8.60. The summed E-state index contributed by atoms with van der Waals surface area (Å²) in [4.78, 5) is 2.50. The number of nitrogens with zero attached hydrogens (tertiary/aromatic N) is 1. The van der Waals surface area contributed by atoms with E-state index < -0.39 is 10.8 Å². The van der Waals surface area contributed by atoms with E-state index in [4.69, 9.17) is 13.9 Å².